The molecule has 0 unspecified atom stereocenters. The van der Waals surface area contributed by atoms with Gasteiger partial charge < -0.3 is 10.5 Å². The zero-order valence-corrected chi connectivity index (χ0v) is 9.21. The van der Waals surface area contributed by atoms with E-state index in [0.29, 0.717) is 5.69 Å². The molecule has 2 N–H and O–H groups in total. The molecule has 0 spiro atoms. The molecular formula is C11H7ClF2N2O. The largest absolute Gasteiger partial charge is 0.439 e. The van der Waals surface area contributed by atoms with Gasteiger partial charge in [0, 0.05) is 17.8 Å². The first-order valence-corrected chi connectivity index (χ1v) is 4.98. The van der Waals surface area contributed by atoms with E-state index in [1.165, 1.54) is 18.2 Å². The maximum Gasteiger partial charge on any atom is 0.222 e. The van der Waals surface area contributed by atoms with E-state index in [-0.39, 0.29) is 16.8 Å². The predicted octanol–water partition coefficient (Wildman–Crippen LogP) is 3.39. The Hall–Kier alpha value is -1.88. The number of nitrogens with two attached hydrogens (primary N) is 1. The van der Waals surface area contributed by atoms with Crippen LogP contribution >= 0.6 is 11.6 Å². The molecule has 0 saturated heterocycles. The smallest absolute Gasteiger partial charge is 0.222 e. The highest BCUT2D eigenvalue weighted by molar-refractivity contribution is 6.29. The standard InChI is InChI=1S/C11H7ClF2N2O/c12-10-3-6(15)4-11(16-10)17-7-1-2-8(13)9(14)5-7/h1-5H,(H2,15,16). The van der Waals surface area contributed by atoms with Crippen molar-refractivity contribution in [1.82, 2.24) is 4.98 Å². The Morgan fingerprint density at radius 1 is 1.12 bits per heavy atom. The number of halogens is 3. The van der Waals surface area contributed by atoms with Crippen molar-refractivity contribution < 1.29 is 13.5 Å². The Morgan fingerprint density at radius 2 is 1.88 bits per heavy atom. The van der Waals surface area contributed by atoms with E-state index >= 15 is 0 Å². The normalized spacial score (nSPS) is 10.3. The zero-order chi connectivity index (χ0) is 12.4. The van der Waals surface area contributed by atoms with Gasteiger partial charge in [-0.15, -0.1) is 0 Å². The number of anilines is 1. The lowest BCUT2D eigenvalue weighted by atomic mass is 10.3. The lowest BCUT2D eigenvalue weighted by Crippen LogP contribution is -1.93. The van der Waals surface area contributed by atoms with Gasteiger partial charge in [0.05, 0.1) is 0 Å². The first-order chi connectivity index (χ1) is 8.04. The monoisotopic (exact) mass is 256 g/mol. The molecule has 3 nitrogen and oxygen atoms in total. The van der Waals surface area contributed by atoms with Gasteiger partial charge in [0.25, 0.3) is 0 Å². The van der Waals surface area contributed by atoms with Gasteiger partial charge in [-0.3, -0.25) is 0 Å². The second kappa shape index (κ2) is 4.55. The average molecular weight is 257 g/mol. The third-order valence-electron chi connectivity index (χ3n) is 1.91. The van der Waals surface area contributed by atoms with Gasteiger partial charge in [-0.25, -0.2) is 13.8 Å². The topological polar surface area (TPSA) is 48.1 Å². The molecule has 88 valence electrons. The van der Waals surface area contributed by atoms with Crippen LogP contribution in [0.5, 0.6) is 11.6 Å². The Morgan fingerprint density at radius 3 is 2.53 bits per heavy atom. The second-order valence-corrected chi connectivity index (χ2v) is 3.63. The van der Waals surface area contributed by atoms with Crippen LogP contribution in [-0.2, 0) is 0 Å². The van der Waals surface area contributed by atoms with Gasteiger partial charge in [-0.1, -0.05) is 11.6 Å². The molecule has 0 amide bonds. The number of hydrogen-bond acceptors (Lipinski definition) is 3. The van der Waals surface area contributed by atoms with Crippen LogP contribution in [0.2, 0.25) is 5.15 Å². The summed E-state index contributed by atoms with van der Waals surface area (Å²) in [6.07, 6.45) is 0. The molecule has 1 aromatic carbocycles. The first-order valence-electron chi connectivity index (χ1n) is 4.60. The molecule has 6 heteroatoms. The van der Waals surface area contributed by atoms with E-state index in [9.17, 15) is 8.78 Å². The Balaban J connectivity index is 2.28. The van der Waals surface area contributed by atoms with Crippen molar-refractivity contribution >= 4 is 17.3 Å². The maximum absolute atomic E-state index is 12.9. The Kier molecular flexibility index (Phi) is 3.10. The van der Waals surface area contributed by atoms with Crippen LogP contribution in [-0.4, -0.2) is 4.98 Å². The molecule has 0 aliphatic carbocycles. The predicted molar refractivity (Wildman–Crippen MR) is 60.1 cm³/mol. The number of nitrogens with zero attached hydrogens (tertiary/aromatic N) is 1. The Bertz CT molecular complexity index is 543. The fourth-order valence-electron chi connectivity index (χ4n) is 1.20. The summed E-state index contributed by atoms with van der Waals surface area (Å²) in [7, 11) is 0. The SMILES string of the molecule is Nc1cc(Cl)nc(Oc2ccc(F)c(F)c2)c1. The van der Waals surface area contributed by atoms with E-state index < -0.39 is 11.6 Å². The zero-order valence-electron chi connectivity index (χ0n) is 8.45. The highest BCUT2D eigenvalue weighted by Crippen LogP contribution is 2.24. The molecule has 0 saturated carbocycles. The van der Waals surface area contributed by atoms with E-state index in [0.717, 1.165) is 12.1 Å². The molecular weight excluding hydrogens is 250 g/mol. The van der Waals surface area contributed by atoms with Gasteiger partial charge in [0.2, 0.25) is 5.88 Å². The first kappa shape index (κ1) is 11.6. The molecule has 17 heavy (non-hydrogen) atoms. The summed E-state index contributed by atoms with van der Waals surface area (Å²) in [5.74, 6) is -1.73. The van der Waals surface area contributed by atoms with Gasteiger partial charge in [-0.2, -0.15) is 0 Å². The van der Waals surface area contributed by atoms with Crippen molar-refractivity contribution in [2.75, 3.05) is 5.73 Å². The number of nitrogen functional groups attached to an aromatic ring is 1. The number of aromatic nitrogens is 1. The third kappa shape index (κ3) is 2.82. The van der Waals surface area contributed by atoms with E-state index in [1.807, 2.05) is 0 Å². The van der Waals surface area contributed by atoms with Gasteiger partial charge >= 0.3 is 0 Å². The van der Waals surface area contributed by atoms with Crippen molar-refractivity contribution in [2.24, 2.45) is 0 Å². The molecule has 0 aliphatic heterocycles. The molecule has 1 aromatic heterocycles. The van der Waals surface area contributed by atoms with Crippen LogP contribution in [0.25, 0.3) is 0 Å². The van der Waals surface area contributed by atoms with Crippen LogP contribution < -0.4 is 10.5 Å². The van der Waals surface area contributed by atoms with Crippen LogP contribution in [0, 0.1) is 11.6 Å². The minimum absolute atomic E-state index is 0.109. The number of rotatable bonds is 2. The maximum atomic E-state index is 12.9. The summed E-state index contributed by atoms with van der Waals surface area (Å²) in [6, 6.07) is 6.01. The highest BCUT2D eigenvalue weighted by atomic mass is 35.5. The molecule has 2 rings (SSSR count). The number of ether oxygens (including phenoxy) is 1. The highest BCUT2D eigenvalue weighted by Gasteiger charge is 2.06. The average Bonchev–Trinajstić information content (AvgIpc) is 2.22. The lowest BCUT2D eigenvalue weighted by Gasteiger charge is -2.06. The van der Waals surface area contributed by atoms with Crippen molar-refractivity contribution in [3.63, 3.8) is 0 Å². The van der Waals surface area contributed by atoms with Gasteiger partial charge in [-0.05, 0) is 18.2 Å². The van der Waals surface area contributed by atoms with Crippen LogP contribution in [0.3, 0.4) is 0 Å². The van der Waals surface area contributed by atoms with E-state index in [1.54, 1.807) is 0 Å². The third-order valence-corrected chi connectivity index (χ3v) is 2.10. The minimum Gasteiger partial charge on any atom is -0.439 e. The fraction of sp³-hybridized carbons (Fsp3) is 0. The molecule has 0 fully saturated rings. The minimum atomic E-state index is -1.00. The number of hydrogen-bond donors (Lipinski definition) is 1. The van der Waals surface area contributed by atoms with Crippen LogP contribution in [0.4, 0.5) is 14.5 Å². The van der Waals surface area contributed by atoms with E-state index in [2.05, 4.69) is 4.98 Å². The summed E-state index contributed by atoms with van der Waals surface area (Å²) < 4.78 is 30.8. The summed E-state index contributed by atoms with van der Waals surface area (Å²) in [4.78, 5) is 3.83. The van der Waals surface area contributed by atoms with Gasteiger partial charge in [0.1, 0.15) is 10.9 Å². The quantitative estimate of drug-likeness (QED) is 0.838. The van der Waals surface area contributed by atoms with Crippen LogP contribution in [0.1, 0.15) is 0 Å². The summed E-state index contributed by atoms with van der Waals surface area (Å²) >= 11 is 5.67. The number of pyridine rings is 1. The van der Waals surface area contributed by atoms with Crippen molar-refractivity contribution in [2.45, 2.75) is 0 Å². The Labute approximate surface area is 101 Å². The number of benzene rings is 1. The lowest BCUT2D eigenvalue weighted by molar-refractivity contribution is 0.448. The van der Waals surface area contributed by atoms with Crippen molar-refractivity contribution in [1.29, 1.82) is 0 Å². The van der Waals surface area contributed by atoms with Crippen LogP contribution in [0.15, 0.2) is 30.3 Å². The van der Waals surface area contributed by atoms with Gasteiger partial charge in [0.15, 0.2) is 11.6 Å². The molecule has 2 aromatic rings. The molecule has 1 heterocycles. The summed E-state index contributed by atoms with van der Waals surface area (Å²) in [6.45, 7) is 0. The molecule has 0 atom stereocenters. The summed E-state index contributed by atoms with van der Waals surface area (Å²) in [5, 5.41) is 0.155. The summed E-state index contributed by atoms with van der Waals surface area (Å²) in [5.41, 5.74) is 5.89. The fourth-order valence-corrected chi connectivity index (χ4v) is 1.41. The van der Waals surface area contributed by atoms with Crippen molar-refractivity contribution in [3.05, 3.63) is 47.1 Å². The second-order valence-electron chi connectivity index (χ2n) is 3.24. The van der Waals surface area contributed by atoms with Crippen molar-refractivity contribution in [3.8, 4) is 11.6 Å². The molecule has 0 radical (unpaired) electrons. The molecule has 0 bridgehead atoms. The molecule has 0 aliphatic rings. The van der Waals surface area contributed by atoms with E-state index in [4.69, 9.17) is 22.1 Å².